The van der Waals surface area contributed by atoms with Crippen molar-refractivity contribution in [3.8, 4) is 0 Å². The minimum absolute atomic E-state index is 0.305. The predicted molar refractivity (Wildman–Crippen MR) is 59.9 cm³/mol. The lowest BCUT2D eigenvalue weighted by Gasteiger charge is -2.02. The molecule has 0 unspecified atom stereocenters. The first kappa shape index (κ1) is 10.2. The van der Waals surface area contributed by atoms with E-state index in [2.05, 4.69) is 5.10 Å². The summed E-state index contributed by atoms with van der Waals surface area (Å²) in [4.78, 5) is 0. The SMILES string of the molecule is CC(C)n1cc2ccc(B(O)O)cc2n1. The average molecular weight is 204 g/mol. The van der Waals surface area contributed by atoms with E-state index in [0.29, 0.717) is 11.5 Å². The molecule has 78 valence electrons. The van der Waals surface area contributed by atoms with Crippen LogP contribution in [0.1, 0.15) is 19.9 Å². The average Bonchev–Trinajstić information content (AvgIpc) is 2.59. The van der Waals surface area contributed by atoms with E-state index < -0.39 is 7.12 Å². The highest BCUT2D eigenvalue weighted by Gasteiger charge is 2.12. The highest BCUT2D eigenvalue weighted by molar-refractivity contribution is 6.58. The van der Waals surface area contributed by atoms with E-state index >= 15 is 0 Å². The zero-order valence-corrected chi connectivity index (χ0v) is 8.75. The second kappa shape index (κ2) is 3.68. The molecule has 0 bridgehead atoms. The summed E-state index contributed by atoms with van der Waals surface area (Å²) in [6.45, 7) is 4.10. The molecule has 4 nitrogen and oxygen atoms in total. The fraction of sp³-hybridized carbons (Fsp3) is 0.300. The topological polar surface area (TPSA) is 58.3 Å². The molecule has 2 N–H and O–H groups in total. The lowest BCUT2D eigenvalue weighted by atomic mass is 9.80. The van der Waals surface area contributed by atoms with Crippen molar-refractivity contribution in [1.82, 2.24) is 9.78 Å². The third-order valence-electron chi connectivity index (χ3n) is 2.38. The third kappa shape index (κ3) is 1.89. The van der Waals surface area contributed by atoms with Gasteiger partial charge in [-0.05, 0) is 25.4 Å². The highest BCUT2D eigenvalue weighted by atomic mass is 16.4. The van der Waals surface area contributed by atoms with Crippen LogP contribution in [0, 0.1) is 0 Å². The molecule has 5 heteroatoms. The Labute approximate surface area is 88.3 Å². The number of hydrogen-bond acceptors (Lipinski definition) is 3. The van der Waals surface area contributed by atoms with Crippen LogP contribution in [0.15, 0.2) is 24.4 Å². The maximum absolute atomic E-state index is 9.02. The molecule has 2 aromatic rings. The van der Waals surface area contributed by atoms with Gasteiger partial charge in [0, 0.05) is 17.6 Å². The second-order valence-corrected chi connectivity index (χ2v) is 3.89. The van der Waals surface area contributed by atoms with Crippen molar-refractivity contribution in [2.24, 2.45) is 0 Å². The zero-order valence-electron chi connectivity index (χ0n) is 8.75. The Balaban J connectivity index is 2.52. The van der Waals surface area contributed by atoms with Crippen molar-refractivity contribution < 1.29 is 10.0 Å². The highest BCUT2D eigenvalue weighted by Crippen LogP contribution is 2.13. The monoisotopic (exact) mass is 204 g/mol. The van der Waals surface area contributed by atoms with Gasteiger partial charge in [0.15, 0.2) is 0 Å². The van der Waals surface area contributed by atoms with Crippen LogP contribution in [-0.2, 0) is 0 Å². The lowest BCUT2D eigenvalue weighted by Crippen LogP contribution is -2.29. The van der Waals surface area contributed by atoms with Gasteiger partial charge in [0.05, 0.1) is 5.52 Å². The first-order valence-corrected chi connectivity index (χ1v) is 4.93. The molecule has 0 amide bonds. The summed E-state index contributed by atoms with van der Waals surface area (Å²) in [5.41, 5.74) is 1.26. The molecule has 0 aliphatic carbocycles. The molecule has 0 saturated heterocycles. The van der Waals surface area contributed by atoms with Gasteiger partial charge in [-0.15, -0.1) is 0 Å². The van der Waals surface area contributed by atoms with Gasteiger partial charge in [-0.3, -0.25) is 4.68 Å². The van der Waals surface area contributed by atoms with Crippen LogP contribution in [0.25, 0.3) is 10.9 Å². The predicted octanol–water partition coefficient (Wildman–Crippen LogP) is 0.297. The molecule has 15 heavy (non-hydrogen) atoms. The van der Waals surface area contributed by atoms with Crippen LogP contribution < -0.4 is 5.46 Å². The Bertz CT molecular complexity index is 473. The van der Waals surface area contributed by atoms with Gasteiger partial charge in [-0.25, -0.2) is 0 Å². The van der Waals surface area contributed by atoms with Crippen LogP contribution in [0.5, 0.6) is 0 Å². The Hall–Kier alpha value is -1.33. The summed E-state index contributed by atoms with van der Waals surface area (Å²) in [5.74, 6) is 0. The van der Waals surface area contributed by atoms with E-state index in [-0.39, 0.29) is 0 Å². The fourth-order valence-electron chi connectivity index (χ4n) is 1.48. The summed E-state index contributed by atoms with van der Waals surface area (Å²) in [5, 5.41) is 23.4. The van der Waals surface area contributed by atoms with Crippen molar-refractivity contribution in [3.05, 3.63) is 24.4 Å². The molecule has 0 fully saturated rings. The molecule has 2 rings (SSSR count). The molecule has 0 radical (unpaired) electrons. The first-order valence-electron chi connectivity index (χ1n) is 4.93. The number of rotatable bonds is 2. The Kier molecular flexibility index (Phi) is 2.50. The first-order chi connectivity index (χ1) is 7.08. The summed E-state index contributed by atoms with van der Waals surface area (Å²) < 4.78 is 1.86. The summed E-state index contributed by atoms with van der Waals surface area (Å²) >= 11 is 0. The van der Waals surface area contributed by atoms with E-state index in [9.17, 15) is 0 Å². The molecule has 0 atom stereocenters. The Morgan fingerprint density at radius 2 is 2.07 bits per heavy atom. The molecular formula is C10H13BN2O2. The van der Waals surface area contributed by atoms with Crippen LogP contribution in [0.4, 0.5) is 0 Å². The van der Waals surface area contributed by atoms with Crippen molar-refractivity contribution in [1.29, 1.82) is 0 Å². The number of hydrogen-bond donors (Lipinski definition) is 2. The maximum Gasteiger partial charge on any atom is 0.488 e. The maximum atomic E-state index is 9.02. The van der Waals surface area contributed by atoms with Crippen LogP contribution in [0.2, 0.25) is 0 Å². The van der Waals surface area contributed by atoms with Crippen molar-refractivity contribution >= 4 is 23.5 Å². The largest absolute Gasteiger partial charge is 0.488 e. The Morgan fingerprint density at radius 3 is 2.67 bits per heavy atom. The quantitative estimate of drug-likeness (QED) is 0.691. The summed E-state index contributed by atoms with van der Waals surface area (Å²) in [6.07, 6.45) is 1.95. The van der Waals surface area contributed by atoms with Gasteiger partial charge >= 0.3 is 7.12 Å². The van der Waals surface area contributed by atoms with Crippen molar-refractivity contribution in [2.45, 2.75) is 19.9 Å². The normalized spacial score (nSPS) is 11.3. The van der Waals surface area contributed by atoms with Gasteiger partial charge in [0.2, 0.25) is 0 Å². The van der Waals surface area contributed by atoms with Gasteiger partial charge in [0.1, 0.15) is 0 Å². The zero-order chi connectivity index (χ0) is 11.0. The standard InChI is InChI=1S/C10H13BN2O2/c1-7(2)13-6-8-3-4-9(11(14)15)5-10(8)12-13/h3-7,14-15H,1-2H3. The molecule has 1 aromatic heterocycles. The smallest absolute Gasteiger partial charge is 0.423 e. The minimum Gasteiger partial charge on any atom is -0.423 e. The van der Waals surface area contributed by atoms with Crippen LogP contribution >= 0.6 is 0 Å². The molecule has 0 aliphatic rings. The van der Waals surface area contributed by atoms with E-state index in [1.165, 1.54) is 0 Å². The lowest BCUT2D eigenvalue weighted by molar-refractivity contribution is 0.426. The minimum atomic E-state index is -1.43. The third-order valence-corrected chi connectivity index (χ3v) is 2.38. The summed E-state index contributed by atoms with van der Waals surface area (Å²) in [7, 11) is -1.43. The van der Waals surface area contributed by atoms with E-state index in [0.717, 1.165) is 10.9 Å². The van der Waals surface area contributed by atoms with Gasteiger partial charge in [0.25, 0.3) is 0 Å². The molecular weight excluding hydrogens is 191 g/mol. The Morgan fingerprint density at radius 1 is 1.33 bits per heavy atom. The summed E-state index contributed by atoms with van der Waals surface area (Å²) in [6, 6.07) is 5.54. The van der Waals surface area contributed by atoms with Gasteiger partial charge < -0.3 is 10.0 Å². The second-order valence-electron chi connectivity index (χ2n) is 3.89. The molecule has 1 heterocycles. The van der Waals surface area contributed by atoms with E-state index in [1.54, 1.807) is 12.1 Å². The number of aromatic nitrogens is 2. The molecule has 0 aliphatic heterocycles. The van der Waals surface area contributed by atoms with Crippen LogP contribution in [0.3, 0.4) is 0 Å². The molecule has 0 spiro atoms. The molecule has 0 saturated carbocycles. The number of nitrogens with zero attached hydrogens (tertiary/aromatic N) is 2. The number of fused-ring (bicyclic) bond motifs is 1. The van der Waals surface area contributed by atoms with Crippen molar-refractivity contribution in [3.63, 3.8) is 0 Å². The van der Waals surface area contributed by atoms with Gasteiger partial charge in [-0.2, -0.15) is 5.10 Å². The van der Waals surface area contributed by atoms with Crippen LogP contribution in [-0.4, -0.2) is 26.9 Å². The van der Waals surface area contributed by atoms with Crippen molar-refractivity contribution in [2.75, 3.05) is 0 Å². The molecule has 1 aromatic carbocycles. The fourth-order valence-corrected chi connectivity index (χ4v) is 1.48. The van der Waals surface area contributed by atoms with Gasteiger partial charge in [-0.1, -0.05) is 12.1 Å². The number of benzene rings is 1. The van der Waals surface area contributed by atoms with E-state index in [4.69, 9.17) is 10.0 Å². The van der Waals surface area contributed by atoms with E-state index in [1.807, 2.05) is 30.8 Å².